The standard InChI is InChI=1S/C17H27NO3/c1-2-18-13-16-5-3-4-6-17(16)21-12-11-20-14-15-7-9-19-10-8-15/h3-6,15,18H,2,7-14H2,1H3. The molecular weight excluding hydrogens is 266 g/mol. The van der Waals surface area contributed by atoms with Crippen LogP contribution in [-0.2, 0) is 16.0 Å². The zero-order valence-electron chi connectivity index (χ0n) is 13.0. The van der Waals surface area contributed by atoms with E-state index in [0.29, 0.717) is 19.1 Å². The predicted octanol–water partition coefficient (Wildman–Crippen LogP) is 2.62. The number of para-hydroxylation sites is 1. The van der Waals surface area contributed by atoms with E-state index in [0.717, 1.165) is 51.5 Å². The molecule has 4 heteroatoms. The molecule has 1 heterocycles. The first-order chi connectivity index (χ1) is 10.4. The molecule has 0 spiro atoms. The van der Waals surface area contributed by atoms with Gasteiger partial charge in [0.25, 0.3) is 0 Å². The molecule has 1 N–H and O–H groups in total. The summed E-state index contributed by atoms with van der Waals surface area (Å²) < 4.78 is 16.9. The number of nitrogens with one attached hydrogen (secondary N) is 1. The topological polar surface area (TPSA) is 39.7 Å². The molecular formula is C17H27NO3. The third kappa shape index (κ3) is 6.04. The summed E-state index contributed by atoms with van der Waals surface area (Å²) in [6, 6.07) is 8.17. The molecule has 1 aromatic carbocycles. The van der Waals surface area contributed by atoms with E-state index in [1.165, 1.54) is 5.56 Å². The van der Waals surface area contributed by atoms with Crippen molar-refractivity contribution < 1.29 is 14.2 Å². The van der Waals surface area contributed by atoms with E-state index in [4.69, 9.17) is 14.2 Å². The lowest BCUT2D eigenvalue weighted by atomic mass is 10.0. The van der Waals surface area contributed by atoms with Crippen LogP contribution in [0.1, 0.15) is 25.3 Å². The van der Waals surface area contributed by atoms with Crippen LogP contribution in [0.2, 0.25) is 0 Å². The second-order valence-corrected chi connectivity index (χ2v) is 5.37. The van der Waals surface area contributed by atoms with Crippen molar-refractivity contribution in [3.05, 3.63) is 29.8 Å². The molecule has 118 valence electrons. The highest BCUT2D eigenvalue weighted by molar-refractivity contribution is 5.33. The molecule has 1 aliphatic heterocycles. The fourth-order valence-corrected chi connectivity index (χ4v) is 2.42. The molecule has 4 nitrogen and oxygen atoms in total. The van der Waals surface area contributed by atoms with Crippen molar-refractivity contribution in [1.82, 2.24) is 5.32 Å². The van der Waals surface area contributed by atoms with Crippen molar-refractivity contribution in [3.8, 4) is 5.75 Å². The van der Waals surface area contributed by atoms with Crippen LogP contribution in [0.5, 0.6) is 5.75 Å². The molecule has 0 aliphatic carbocycles. The first kappa shape index (κ1) is 16.3. The van der Waals surface area contributed by atoms with E-state index in [9.17, 15) is 0 Å². The molecule has 1 aromatic rings. The molecule has 0 amide bonds. The van der Waals surface area contributed by atoms with Gasteiger partial charge in [-0.25, -0.2) is 0 Å². The van der Waals surface area contributed by atoms with Crippen LogP contribution in [0.4, 0.5) is 0 Å². The highest BCUT2D eigenvalue weighted by Gasteiger charge is 2.13. The Kier molecular flexibility index (Phi) is 7.57. The van der Waals surface area contributed by atoms with E-state index >= 15 is 0 Å². The number of rotatable bonds is 9. The Morgan fingerprint density at radius 1 is 1.19 bits per heavy atom. The van der Waals surface area contributed by atoms with Crippen molar-refractivity contribution in [3.63, 3.8) is 0 Å². The summed E-state index contributed by atoms with van der Waals surface area (Å²) in [5.41, 5.74) is 1.20. The molecule has 1 saturated heterocycles. The van der Waals surface area contributed by atoms with Gasteiger partial charge in [0.15, 0.2) is 0 Å². The predicted molar refractivity (Wildman–Crippen MR) is 83.7 cm³/mol. The average molecular weight is 293 g/mol. The summed E-state index contributed by atoms with van der Waals surface area (Å²) >= 11 is 0. The van der Waals surface area contributed by atoms with Gasteiger partial charge >= 0.3 is 0 Å². The molecule has 0 bridgehead atoms. The molecule has 21 heavy (non-hydrogen) atoms. The first-order valence-corrected chi connectivity index (χ1v) is 7.97. The molecule has 0 saturated carbocycles. The summed E-state index contributed by atoms with van der Waals surface area (Å²) in [7, 11) is 0. The lowest BCUT2D eigenvalue weighted by Crippen LogP contribution is -2.21. The van der Waals surface area contributed by atoms with Crippen LogP contribution < -0.4 is 10.1 Å². The maximum atomic E-state index is 5.83. The van der Waals surface area contributed by atoms with Crippen LogP contribution in [0.15, 0.2) is 24.3 Å². The SMILES string of the molecule is CCNCc1ccccc1OCCOCC1CCOCC1. The smallest absolute Gasteiger partial charge is 0.123 e. The molecule has 1 aliphatic rings. The van der Waals surface area contributed by atoms with Gasteiger partial charge in [-0.1, -0.05) is 25.1 Å². The fourth-order valence-electron chi connectivity index (χ4n) is 2.42. The Morgan fingerprint density at radius 3 is 2.81 bits per heavy atom. The zero-order chi connectivity index (χ0) is 14.8. The largest absolute Gasteiger partial charge is 0.491 e. The van der Waals surface area contributed by atoms with Crippen molar-refractivity contribution >= 4 is 0 Å². The molecule has 0 radical (unpaired) electrons. The van der Waals surface area contributed by atoms with Crippen molar-refractivity contribution in [2.24, 2.45) is 5.92 Å². The summed E-state index contributed by atoms with van der Waals surface area (Å²) in [4.78, 5) is 0. The Hall–Kier alpha value is -1.10. The van der Waals surface area contributed by atoms with E-state index < -0.39 is 0 Å². The number of hydrogen-bond donors (Lipinski definition) is 1. The number of benzene rings is 1. The third-order valence-corrected chi connectivity index (χ3v) is 3.72. The van der Waals surface area contributed by atoms with Crippen molar-refractivity contribution in [2.75, 3.05) is 39.6 Å². The minimum Gasteiger partial charge on any atom is -0.491 e. The average Bonchev–Trinajstić information content (AvgIpc) is 2.54. The number of ether oxygens (including phenoxy) is 3. The van der Waals surface area contributed by atoms with Gasteiger partial charge in [0, 0.05) is 31.9 Å². The van der Waals surface area contributed by atoms with E-state index in [-0.39, 0.29) is 0 Å². The van der Waals surface area contributed by atoms with E-state index in [1.807, 2.05) is 18.2 Å². The van der Waals surface area contributed by atoms with Gasteiger partial charge in [-0.3, -0.25) is 0 Å². The second kappa shape index (κ2) is 9.77. The van der Waals surface area contributed by atoms with Crippen molar-refractivity contribution in [2.45, 2.75) is 26.3 Å². The summed E-state index contributed by atoms with van der Waals surface area (Å²) in [5.74, 6) is 1.60. The van der Waals surface area contributed by atoms with Crippen LogP contribution in [0.3, 0.4) is 0 Å². The van der Waals surface area contributed by atoms with E-state index in [1.54, 1.807) is 0 Å². The fraction of sp³-hybridized carbons (Fsp3) is 0.647. The molecule has 0 aromatic heterocycles. The lowest BCUT2D eigenvalue weighted by molar-refractivity contribution is 0.0138. The quantitative estimate of drug-likeness (QED) is 0.711. The van der Waals surface area contributed by atoms with Gasteiger partial charge in [0.2, 0.25) is 0 Å². The summed E-state index contributed by atoms with van der Waals surface area (Å²) in [6.45, 7) is 7.74. The maximum absolute atomic E-state index is 5.83. The Balaban J connectivity index is 1.63. The molecule has 1 fully saturated rings. The normalized spacial score (nSPS) is 16.0. The van der Waals surface area contributed by atoms with Gasteiger partial charge in [-0.2, -0.15) is 0 Å². The van der Waals surface area contributed by atoms with E-state index in [2.05, 4.69) is 18.3 Å². The monoisotopic (exact) mass is 293 g/mol. The van der Waals surface area contributed by atoms with Gasteiger partial charge in [0.05, 0.1) is 6.61 Å². The minimum atomic E-state index is 0.604. The molecule has 0 atom stereocenters. The Morgan fingerprint density at radius 2 is 2.00 bits per heavy atom. The Bertz CT molecular complexity index is 391. The van der Waals surface area contributed by atoms with Gasteiger partial charge in [-0.15, -0.1) is 0 Å². The van der Waals surface area contributed by atoms with Gasteiger partial charge < -0.3 is 19.5 Å². The Labute approximate surface area is 127 Å². The van der Waals surface area contributed by atoms with Crippen LogP contribution >= 0.6 is 0 Å². The van der Waals surface area contributed by atoms with Crippen LogP contribution in [-0.4, -0.2) is 39.6 Å². The highest BCUT2D eigenvalue weighted by atomic mass is 16.5. The third-order valence-electron chi connectivity index (χ3n) is 3.72. The zero-order valence-corrected chi connectivity index (χ0v) is 13.0. The lowest BCUT2D eigenvalue weighted by Gasteiger charge is -2.21. The van der Waals surface area contributed by atoms with Crippen molar-refractivity contribution in [1.29, 1.82) is 0 Å². The molecule has 2 rings (SSSR count). The van der Waals surface area contributed by atoms with Gasteiger partial charge in [0.1, 0.15) is 12.4 Å². The maximum Gasteiger partial charge on any atom is 0.123 e. The summed E-state index contributed by atoms with van der Waals surface area (Å²) in [6.07, 6.45) is 2.23. The minimum absolute atomic E-state index is 0.604. The highest BCUT2D eigenvalue weighted by Crippen LogP contribution is 2.18. The first-order valence-electron chi connectivity index (χ1n) is 7.97. The van der Waals surface area contributed by atoms with Crippen LogP contribution in [0, 0.1) is 5.92 Å². The number of hydrogen-bond acceptors (Lipinski definition) is 4. The van der Waals surface area contributed by atoms with Gasteiger partial charge in [-0.05, 0) is 31.4 Å². The molecule has 0 unspecified atom stereocenters. The van der Waals surface area contributed by atoms with Crippen LogP contribution in [0.25, 0.3) is 0 Å². The summed E-state index contributed by atoms with van der Waals surface area (Å²) in [5, 5.41) is 3.33. The second-order valence-electron chi connectivity index (χ2n) is 5.37.